The molecule has 0 unspecified atom stereocenters. The number of rotatable bonds is 2. The average molecular weight is 540 g/mol. The lowest BCUT2D eigenvalue weighted by Gasteiger charge is -2.46. The summed E-state index contributed by atoms with van der Waals surface area (Å²) in [6.07, 6.45) is -3.56. The van der Waals surface area contributed by atoms with Crippen LogP contribution in [0.3, 0.4) is 0 Å². The molecule has 0 radical (unpaired) electrons. The lowest BCUT2D eigenvalue weighted by Crippen LogP contribution is -2.60. The van der Waals surface area contributed by atoms with Crippen molar-refractivity contribution in [2.24, 2.45) is 0 Å². The Balaban J connectivity index is 1.80. The van der Waals surface area contributed by atoms with E-state index in [4.69, 9.17) is 11.6 Å². The van der Waals surface area contributed by atoms with Crippen LogP contribution in [-0.2, 0) is 5.75 Å². The highest BCUT2D eigenvalue weighted by atomic mass is 35.5. The van der Waals surface area contributed by atoms with Gasteiger partial charge in [-0.25, -0.2) is 4.39 Å². The molecule has 36 heavy (non-hydrogen) atoms. The quantitative estimate of drug-likeness (QED) is 0.462. The number of nitrogens with zero attached hydrogens (tertiary/aromatic N) is 3. The van der Waals surface area contributed by atoms with Crippen molar-refractivity contribution in [3.05, 3.63) is 92.1 Å². The van der Waals surface area contributed by atoms with Gasteiger partial charge in [-0.05, 0) is 47.9 Å². The molecule has 0 saturated carbocycles. The highest BCUT2D eigenvalue weighted by molar-refractivity contribution is 7.98. The Hall–Kier alpha value is -3.18. The van der Waals surface area contributed by atoms with Gasteiger partial charge in [0.1, 0.15) is 18.5 Å². The first-order chi connectivity index (χ1) is 17.0. The smallest absolute Gasteiger partial charge is 0.408 e. The van der Waals surface area contributed by atoms with Crippen LogP contribution in [0.2, 0.25) is 5.02 Å². The van der Waals surface area contributed by atoms with Crippen LogP contribution in [-0.4, -0.2) is 39.5 Å². The summed E-state index contributed by atoms with van der Waals surface area (Å²) < 4.78 is 57.0. The highest BCUT2D eigenvalue weighted by Crippen LogP contribution is 2.45. The average Bonchev–Trinajstić information content (AvgIpc) is 2.98. The van der Waals surface area contributed by atoms with Crippen LogP contribution >= 0.6 is 23.4 Å². The molecule has 2 atom stereocenters. The van der Waals surface area contributed by atoms with Crippen LogP contribution in [0.4, 0.5) is 17.6 Å². The molecule has 12 heteroatoms. The van der Waals surface area contributed by atoms with Crippen LogP contribution in [0, 0.1) is 5.82 Å². The maximum atomic E-state index is 14.5. The number of pyridine rings is 1. The van der Waals surface area contributed by atoms with Gasteiger partial charge >= 0.3 is 6.18 Å². The van der Waals surface area contributed by atoms with E-state index in [1.807, 2.05) is 0 Å². The molecule has 3 aromatic rings. The number of carbonyl (C=O) groups is 1. The van der Waals surface area contributed by atoms with E-state index in [0.717, 1.165) is 13.0 Å². The Kier molecular flexibility index (Phi) is 5.95. The van der Waals surface area contributed by atoms with E-state index in [9.17, 15) is 32.3 Å². The molecule has 1 amide bonds. The molecule has 188 valence electrons. The van der Waals surface area contributed by atoms with Gasteiger partial charge in [-0.15, -0.1) is 11.8 Å². The molecular weight excluding hydrogens is 522 g/mol. The predicted octanol–water partition coefficient (Wildman–Crippen LogP) is 5.04. The van der Waals surface area contributed by atoms with Gasteiger partial charge in [-0.3, -0.25) is 19.3 Å². The second-order valence-corrected chi connectivity index (χ2v) is 9.90. The van der Waals surface area contributed by atoms with E-state index >= 15 is 0 Å². The highest BCUT2D eigenvalue weighted by Gasteiger charge is 2.47. The lowest BCUT2D eigenvalue weighted by molar-refractivity contribution is -0.173. The maximum Gasteiger partial charge on any atom is 0.408 e. The van der Waals surface area contributed by atoms with Gasteiger partial charge in [-0.1, -0.05) is 23.7 Å². The van der Waals surface area contributed by atoms with Crippen molar-refractivity contribution in [3.63, 3.8) is 0 Å². The summed E-state index contributed by atoms with van der Waals surface area (Å²) in [4.78, 5) is 26.6. The first-order valence-corrected chi connectivity index (χ1v) is 12.1. The second kappa shape index (κ2) is 8.74. The first-order valence-electron chi connectivity index (χ1n) is 10.8. The van der Waals surface area contributed by atoms with Gasteiger partial charge in [0.05, 0.1) is 6.04 Å². The number of amides is 1. The molecular formula is C24H18ClF4N3O3S. The first kappa shape index (κ1) is 24.5. The Morgan fingerprint density at radius 2 is 1.89 bits per heavy atom. The summed E-state index contributed by atoms with van der Waals surface area (Å²) in [6, 6.07) is 7.13. The number of halogens is 5. The van der Waals surface area contributed by atoms with Crippen molar-refractivity contribution >= 4 is 29.3 Å². The number of aromatic hydroxyl groups is 1. The number of alkyl halides is 3. The largest absolute Gasteiger partial charge is 0.502 e. The number of thioether (sulfide) groups is 1. The van der Waals surface area contributed by atoms with Gasteiger partial charge in [0.15, 0.2) is 11.4 Å². The Morgan fingerprint density at radius 3 is 2.61 bits per heavy atom. The minimum Gasteiger partial charge on any atom is -0.502 e. The van der Waals surface area contributed by atoms with Crippen molar-refractivity contribution < 1.29 is 27.5 Å². The van der Waals surface area contributed by atoms with Crippen LogP contribution in [0.5, 0.6) is 5.75 Å². The lowest BCUT2D eigenvalue weighted by atomic mass is 9.94. The molecule has 0 bridgehead atoms. The fraction of sp³-hybridized carbons (Fsp3) is 0.250. The van der Waals surface area contributed by atoms with Crippen molar-refractivity contribution in [2.75, 3.05) is 11.7 Å². The van der Waals surface area contributed by atoms with Crippen molar-refractivity contribution in [1.29, 1.82) is 0 Å². The number of fused-ring (bicyclic) bond motifs is 3. The van der Waals surface area contributed by atoms with Gasteiger partial charge < -0.3 is 10.0 Å². The Labute approximate surface area is 211 Å². The third-order valence-electron chi connectivity index (χ3n) is 6.42. The predicted molar refractivity (Wildman–Crippen MR) is 126 cm³/mol. The third kappa shape index (κ3) is 3.90. The molecule has 0 fully saturated rings. The standard InChI is InChI=1S/C24H18ClF4N3O3S/c1-12(24(27,28)29)30-11-32(31-8-7-18(33)22(34)21(31)23(30)35)20-14-3-2-4-17(25)16(14)10-36-19-6-5-13(26)9-15(19)20/h2-9,12,20,34H,10-11H2,1H3/t12-,20+/m1/s1. The summed E-state index contributed by atoms with van der Waals surface area (Å²) in [6.45, 7) is 0.261. The molecule has 1 aromatic heterocycles. The van der Waals surface area contributed by atoms with E-state index < -0.39 is 53.5 Å². The summed E-state index contributed by atoms with van der Waals surface area (Å²) in [5.74, 6) is -2.26. The van der Waals surface area contributed by atoms with E-state index in [1.54, 1.807) is 24.3 Å². The summed E-state index contributed by atoms with van der Waals surface area (Å²) >= 11 is 7.89. The van der Waals surface area contributed by atoms with Crippen LogP contribution in [0.15, 0.2) is 58.4 Å². The van der Waals surface area contributed by atoms with Crippen LogP contribution < -0.4 is 10.4 Å². The van der Waals surface area contributed by atoms with Gasteiger partial charge in [-0.2, -0.15) is 13.2 Å². The van der Waals surface area contributed by atoms with Gasteiger partial charge in [0, 0.05) is 27.9 Å². The Morgan fingerprint density at radius 1 is 1.14 bits per heavy atom. The fourth-order valence-electron chi connectivity index (χ4n) is 4.52. The van der Waals surface area contributed by atoms with Gasteiger partial charge in [0.25, 0.3) is 5.91 Å². The molecule has 0 aliphatic carbocycles. The molecule has 6 nitrogen and oxygen atoms in total. The molecule has 0 saturated heterocycles. The molecule has 2 aromatic carbocycles. The molecule has 1 N–H and O–H groups in total. The van der Waals surface area contributed by atoms with Crippen molar-refractivity contribution in [3.8, 4) is 5.75 Å². The SMILES string of the molecule is C[C@@H](N1CN([C@@H]2c3cc(F)ccc3SCc3c(Cl)cccc32)n2ccc(=O)c(O)c2C1=O)C(F)(F)F. The van der Waals surface area contributed by atoms with E-state index in [-0.39, 0.29) is 0 Å². The van der Waals surface area contributed by atoms with Crippen molar-refractivity contribution in [1.82, 2.24) is 9.58 Å². The molecule has 2 aliphatic heterocycles. The van der Waals surface area contributed by atoms with Crippen LogP contribution in [0.1, 0.15) is 40.1 Å². The van der Waals surface area contributed by atoms with Crippen LogP contribution in [0.25, 0.3) is 0 Å². The molecule has 5 rings (SSSR count). The third-order valence-corrected chi connectivity index (χ3v) is 7.89. The fourth-order valence-corrected chi connectivity index (χ4v) is 5.97. The van der Waals surface area contributed by atoms with E-state index in [1.165, 1.54) is 39.8 Å². The summed E-state index contributed by atoms with van der Waals surface area (Å²) in [5, 5.41) is 12.3. The number of carbonyl (C=O) groups excluding carboxylic acids is 1. The normalized spacial score (nSPS) is 18.3. The number of hydrogen-bond acceptors (Lipinski definition) is 5. The topological polar surface area (TPSA) is 65.8 Å². The number of benzene rings is 2. The molecule has 2 aliphatic rings. The Bertz CT molecular complexity index is 1440. The minimum absolute atomic E-state index is 0.419. The zero-order valence-corrected chi connectivity index (χ0v) is 20.2. The monoisotopic (exact) mass is 539 g/mol. The second-order valence-electron chi connectivity index (χ2n) is 8.48. The zero-order valence-electron chi connectivity index (χ0n) is 18.6. The molecule has 3 heterocycles. The van der Waals surface area contributed by atoms with Crippen molar-refractivity contribution in [2.45, 2.75) is 35.8 Å². The summed E-state index contributed by atoms with van der Waals surface area (Å²) in [7, 11) is 0. The summed E-state index contributed by atoms with van der Waals surface area (Å²) in [5.41, 5.74) is 0.215. The van der Waals surface area contributed by atoms with E-state index in [0.29, 0.717) is 37.3 Å². The molecule has 0 spiro atoms. The minimum atomic E-state index is -4.78. The zero-order chi connectivity index (χ0) is 25.9. The number of aromatic nitrogens is 1. The van der Waals surface area contributed by atoms with E-state index in [2.05, 4.69) is 0 Å². The number of hydrogen-bond donors (Lipinski definition) is 1. The van der Waals surface area contributed by atoms with Gasteiger partial charge in [0.2, 0.25) is 5.43 Å². The maximum absolute atomic E-state index is 14.5.